The van der Waals surface area contributed by atoms with Crippen LogP contribution in [0.4, 0.5) is 10.1 Å². The first-order chi connectivity index (χ1) is 9.04. The number of hydrogen-bond acceptors (Lipinski definition) is 3. The van der Waals surface area contributed by atoms with Gasteiger partial charge in [0, 0.05) is 30.4 Å². The highest BCUT2D eigenvalue weighted by Gasteiger charge is 2.30. The molecule has 5 heteroatoms. The highest BCUT2D eigenvalue weighted by Crippen LogP contribution is 2.31. The van der Waals surface area contributed by atoms with Crippen LogP contribution in [-0.2, 0) is 11.3 Å². The highest BCUT2D eigenvalue weighted by atomic mass is 19.1. The Balaban J connectivity index is 2.33. The molecule has 2 atom stereocenters. The van der Waals surface area contributed by atoms with Crippen LogP contribution in [0.1, 0.15) is 25.3 Å². The zero-order valence-corrected chi connectivity index (χ0v) is 11.1. The molecule has 1 fully saturated rings. The largest absolute Gasteiger partial charge is 0.369 e. The minimum Gasteiger partial charge on any atom is -0.369 e. The molecule has 0 aliphatic carbocycles. The quantitative estimate of drug-likeness (QED) is 0.867. The molecule has 4 nitrogen and oxygen atoms in total. The molecule has 19 heavy (non-hydrogen) atoms. The molecule has 0 aromatic heterocycles. The topological polar surface area (TPSA) is 72.4 Å². The van der Waals surface area contributed by atoms with E-state index in [1.54, 1.807) is 6.07 Å². The van der Waals surface area contributed by atoms with E-state index < -0.39 is 0 Å². The van der Waals surface area contributed by atoms with Gasteiger partial charge in [0.15, 0.2) is 0 Å². The number of piperidine rings is 1. The summed E-state index contributed by atoms with van der Waals surface area (Å²) < 4.78 is 13.8. The van der Waals surface area contributed by atoms with Crippen molar-refractivity contribution >= 4 is 11.6 Å². The van der Waals surface area contributed by atoms with E-state index in [1.165, 1.54) is 6.07 Å². The van der Waals surface area contributed by atoms with Crippen molar-refractivity contribution < 1.29 is 9.18 Å². The highest BCUT2D eigenvalue weighted by molar-refractivity contribution is 5.77. The fraction of sp³-hybridized carbons (Fsp3) is 0.500. The van der Waals surface area contributed by atoms with Crippen molar-refractivity contribution in [3.63, 3.8) is 0 Å². The Kier molecular flexibility index (Phi) is 4.04. The lowest BCUT2D eigenvalue weighted by Gasteiger charge is -2.39. The Morgan fingerprint density at radius 1 is 1.47 bits per heavy atom. The molecule has 1 aromatic rings. The SMILES string of the molecule is CC1CCC(C(N)=O)CN1c1cccc(F)c1CN. The molecule has 1 aliphatic heterocycles. The standard InChI is InChI=1S/C14H20FN3O/c1-9-5-6-10(14(17)19)8-18(9)13-4-2-3-12(15)11(13)7-16/h2-4,9-10H,5-8,16H2,1H3,(H2,17,19). The molecule has 0 bridgehead atoms. The fourth-order valence-corrected chi connectivity index (χ4v) is 2.69. The molecule has 1 saturated heterocycles. The van der Waals surface area contributed by atoms with E-state index in [4.69, 9.17) is 11.5 Å². The lowest BCUT2D eigenvalue weighted by atomic mass is 9.92. The lowest BCUT2D eigenvalue weighted by Crippen LogP contribution is -2.46. The summed E-state index contributed by atoms with van der Waals surface area (Å²) in [5.74, 6) is -0.763. The number of nitrogens with zero attached hydrogens (tertiary/aromatic N) is 1. The Morgan fingerprint density at radius 3 is 2.84 bits per heavy atom. The number of carbonyl (C=O) groups is 1. The third-order valence-corrected chi connectivity index (χ3v) is 3.89. The maximum absolute atomic E-state index is 13.8. The molecule has 1 aliphatic rings. The molecule has 0 saturated carbocycles. The first-order valence-electron chi connectivity index (χ1n) is 6.58. The Labute approximate surface area is 112 Å². The van der Waals surface area contributed by atoms with Gasteiger partial charge >= 0.3 is 0 Å². The Bertz CT molecular complexity index is 478. The zero-order chi connectivity index (χ0) is 14.0. The van der Waals surface area contributed by atoms with Gasteiger partial charge in [0.1, 0.15) is 5.82 Å². The van der Waals surface area contributed by atoms with Gasteiger partial charge in [-0.25, -0.2) is 4.39 Å². The van der Waals surface area contributed by atoms with E-state index in [-0.39, 0.29) is 30.2 Å². The van der Waals surface area contributed by atoms with Crippen molar-refractivity contribution in [2.75, 3.05) is 11.4 Å². The van der Waals surface area contributed by atoms with Gasteiger partial charge in [-0.1, -0.05) is 6.07 Å². The average Bonchev–Trinajstić information content (AvgIpc) is 2.38. The number of amides is 1. The van der Waals surface area contributed by atoms with Crippen LogP contribution < -0.4 is 16.4 Å². The summed E-state index contributed by atoms with van der Waals surface area (Å²) in [6.45, 7) is 2.75. The number of hydrogen-bond donors (Lipinski definition) is 2. The van der Waals surface area contributed by atoms with E-state index in [0.717, 1.165) is 18.5 Å². The van der Waals surface area contributed by atoms with Crippen molar-refractivity contribution in [1.29, 1.82) is 0 Å². The second kappa shape index (κ2) is 5.57. The first-order valence-corrected chi connectivity index (χ1v) is 6.58. The summed E-state index contributed by atoms with van der Waals surface area (Å²) in [7, 11) is 0. The Hall–Kier alpha value is -1.62. The molecule has 4 N–H and O–H groups in total. The van der Waals surface area contributed by atoms with Gasteiger partial charge in [-0.15, -0.1) is 0 Å². The summed E-state index contributed by atoms with van der Waals surface area (Å²) in [6, 6.07) is 5.18. The van der Waals surface area contributed by atoms with Crippen molar-refractivity contribution in [2.24, 2.45) is 17.4 Å². The zero-order valence-electron chi connectivity index (χ0n) is 11.1. The second-order valence-corrected chi connectivity index (χ2v) is 5.12. The summed E-state index contributed by atoms with van der Waals surface area (Å²) in [5.41, 5.74) is 12.3. The van der Waals surface area contributed by atoms with Crippen molar-refractivity contribution in [2.45, 2.75) is 32.4 Å². The van der Waals surface area contributed by atoms with Gasteiger partial charge in [0.25, 0.3) is 0 Å². The maximum Gasteiger partial charge on any atom is 0.222 e. The van der Waals surface area contributed by atoms with Crippen LogP contribution in [-0.4, -0.2) is 18.5 Å². The van der Waals surface area contributed by atoms with Crippen LogP contribution >= 0.6 is 0 Å². The van der Waals surface area contributed by atoms with Gasteiger partial charge in [0.2, 0.25) is 5.91 Å². The van der Waals surface area contributed by atoms with E-state index in [1.807, 2.05) is 11.0 Å². The molecule has 1 aromatic carbocycles. The van der Waals surface area contributed by atoms with Crippen LogP contribution in [0, 0.1) is 11.7 Å². The monoisotopic (exact) mass is 265 g/mol. The van der Waals surface area contributed by atoms with Crippen LogP contribution in [0.3, 0.4) is 0 Å². The summed E-state index contributed by atoms with van der Waals surface area (Å²) in [6.07, 6.45) is 1.66. The minimum absolute atomic E-state index is 0.145. The number of primary amides is 1. The van der Waals surface area contributed by atoms with Crippen molar-refractivity contribution in [3.8, 4) is 0 Å². The molecule has 2 rings (SSSR count). The third-order valence-electron chi connectivity index (χ3n) is 3.89. The van der Waals surface area contributed by atoms with Crippen molar-refractivity contribution in [1.82, 2.24) is 0 Å². The van der Waals surface area contributed by atoms with Crippen LogP contribution in [0.25, 0.3) is 0 Å². The van der Waals surface area contributed by atoms with Gasteiger partial charge in [-0.3, -0.25) is 4.79 Å². The molecule has 104 valence electrons. The van der Waals surface area contributed by atoms with Crippen LogP contribution in [0.5, 0.6) is 0 Å². The Morgan fingerprint density at radius 2 is 2.21 bits per heavy atom. The molecule has 0 spiro atoms. The molecule has 1 amide bonds. The fourth-order valence-electron chi connectivity index (χ4n) is 2.69. The number of halogens is 1. The molecular weight excluding hydrogens is 245 g/mol. The molecule has 1 heterocycles. The molecular formula is C14H20FN3O. The number of rotatable bonds is 3. The normalized spacial score (nSPS) is 23.4. The first kappa shape index (κ1) is 13.8. The predicted molar refractivity (Wildman–Crippen MR) is 73.0 cm³/mol. The van der Waals surface area contributed by atoms with Crippen LogP contribution in [0.2, 0.25) is 0 Å². The number of anilines is 1. The maximum atomic E-state index is 13.8. The second-order valence-electron chi connectivity index (χ2n) is 5.12. The van der Waals surface area contributed by atoms with E-state index in [0.29, 0.717) is 12.1 Å². The number of benzene rings is 1. The smallest absolute Gasteiger partial charge is 0.222 e. The van der Waals surface area contributed by atoms with Gasteiger partial charge in [-0.2, -0.15) is 0 Å². The van der Waals surface area contributed by atoms with E-state index >= 15 is 0 Å². The average molecular weight is 265 g/mol. The van der Waals surface area contributed by atoms with E-state index in [2.05, 4.69) is 6.92 Å². The van der Waals surface area contributed by atoms with Crippen LogP contribution in [0.15, 0.2) is 18.2 Å². The predicted octanol–water partition coefficient (Wildman–Crippen LogP) is 1.37. The van der Waals surface area contributed by atoms with Gasteiger partial charge in [0.05, 0.1) is 5.92 Å². The minimum atomic E-state index is -0.298. The van der Waals surface area contributed by atoms with Crippen molar-refractivity contribution in [3.05, 3.63) is 29.6 Å². The lowest BCUT2D eigenvalue weighted by molar-refractivity contribution is -0.122. The summed E-state index contributed by atoms with van der Waals surface area (Å²) >= 11 is 0. The summed E-state index contributed by atoms with van der Waals surface area (Å²) in [5, 5.41) is 0. The van der Waals surface area contributed by atoms with Gasteiger partial charge < -0.3 is 16.4 Å². The molecule has 0 radical (unpaired) electrons. The number of nitrogens with two attached hydrogens (primary N) is 2. The third kappa shape index (κ3) is 2.71. The van der Waals surface area contributed by atoms with E-state index in [9.17, 15) is 9.18 Å². The van der Waals surface area contributed by atoms with Gasteiger partial charge in [-0.05, 0) is 31.9 Å². The summed E-state index contributed by atoms with van der Waals surface area (Å²) in [4.78, 5) is 13.4. The molecule has 2 unspecified atom stereocenters. The number of carbonyl (C=O) groups excluding carboxylic acids is 1.